The van der Waals surface area contributed by atoms with Crippen molar-refractivity contribution in [2.45, 2.75) is 12.6 Å². The molecule has 2 aliphatic heterocycles. The van der Waals surface area contributed by atoms with E-state index >= 15 is 0 Å². The van der Waals surface area contributed by atoms with Crippen molar-refractivity contribution >= 4 is 34.5 Å². The van der Waals surface area contributed by atoms with Gasteiger partial charge >= 0.3 is 5.97 Å². The molecule has 5 aromatic rings. The smallest absolute Gasteiger partial charge is 0.339 e. The molecule has 0 atom stereocenters. The molecule has 1 saturated heterocycles. The number of amides is 2. The van der Waals surface area contributed by atoms with E-state index < -0.39 is 11.9 Å². The van der Waals surface area contributed by atoms with Crippen molar-refractivity contribution < 1.29 is 33.0 Å². The average molecular weight is 656 g/mol. The van der Waals surface area contributed by atoms with Crippen LogP contribution in [-0.4, -0.2) is 75.5 Å². The van der Waals surface area contributed by atoms with Crippen LogP contribution in [0.25, 0.3) is 11.0 Å². The number of hydrogen-bond donors (Lipinski definition) is 5. The number of fused-ring (bicyclic) bond motifs is 2. The Morgan fingerprint density at radius 2 is 1.62 bits per heavy atom. The predicted molar refractivity (Wildman–Crippen MR) is 172 cm³/mol. The Morgan fingerprint density at radius 3 is 2.27 bits per heavy atom. The zero-order valence-corrected chi connectivity index (χ0v) is 25.5. The molecule has 246 valence electrons. The first-order valence-corrected chi connectivity index (χ1v) is 15.1. The van der Waals surface area contributed by atoms with Crippen LogP contribution in [0.2, 0.25) is 0 Å². The van der Waals surface area contributed by atoms with Crippen LogP contribution < -0.4 is 20.7 Å². The lowest BCUT2D eigenvalue weighted by Gasteiger charge is -2.35. The SMILES string of the molecule is Fc1ccc(C(c2ccc(F)cc2)N2CCNCC2)cc1.O=C1COc2ccc(CNC(=O)c3ncnc4c(C(=O)O)c[nH]c34)cc2N1. The lowest BCUT2D eigenvalue weighted by molar-refractivity contribution is -0.118. The monoisotopic (exact) mass is 655 g/mol. The quantitative estimate of drug-likeness (QED) is 0.175. The summed E-state index contributed by atoms with van der Waals surface area (Å²) in [6, 6.07) is 18.4. The molecule has 5 N–H and O–H groups in total. The number of benzene rings is 3. The Labute approximate surface area is 273 Å². The summed E-state index contributed by atoms with van der Waals surface area (Å²) >= 11 is 0. The van der Waals surface area contributed by atoms with Gasteiger partial charge < -0.3 is 30.8 Å². The molecule has 0 saturated carbocycles. The summed E-state index contributed by atoms with van der Waals surface area (Å²) in [4.78, 5) is 48.0. The van der Waals surface area contributed by atoms with Gasteiger partial charge in [0, 0.05) is 38.9 Å². The van der Waals surface area contributed by atoms with E-state index in [-0.39, 0.29) is 59.0 Å². The van der Waals surface area contributed by atoms with Crippen molar-refractivity contribution in [3.05, 3.63) is 119 Å². The molecular weight excluding hydrogens is 624 g/mol. The van der Waals surface area contributed by atoms with Gasteiger partial charge in [0.05, 0.1) is 17.2 Å². The molecule has 0 spiro atoms. The number of carboxylic acid groups (broad SMARTS) is 1. The molecule has 0 unspecified atom stereocenters. The van der Waals surface area contributed by atoms with Crippen molar-refractivity contribution in [2.75, 3.05) is 38.1 Å². The van der Waals surface area contributed by atoms with Gasteiger partial charge in [-0.1, -0.05) is 30.3 Å². The van der Waals surface area contributed by atoms with Gasteiger partial charge in [-0.2, -0.15) is 0 Å². The summed E-state index contributed by atoms with van der Waals surface area (Å²) in [5.74, 6) is -1.79. The van der Waals surface area contributed by atoms with Crippen LogP contribution in [0.5, 0.6) is 5.75 Å². The molecule has 3 aromatic carbocycles. The zero-order valence-electron chi connectivity index (χ0n) is 25.5. The van der Waals surface area contributed by atoms with Gasteiger partial charge in [0.1, 0.15) is 34.8 Å². The Hall–Kier alpha value is -5.73. The summed E-state index contributed by atoms with van der Waals surface area (Å²) in [5.41, 5.74) is 3.77. The molecule has 1 fully saturated rings. The first kappa shape index (κ1) is 32.2. The summed E-state index contributed by atoms with van der Waals surface area (Å²) in [7, 11) is 0. The number of nitrogens with zero attached hydrogens (tertiary/aromatic N) is 3. The first-order valence-electron chi connectivity index (χ1n) is 15.1. The van der Waals surface area contributed by atoms with Crippen molar-refractivity contribution in [1.82, 2.24) is 30.5 Å². The molecule has 14 heteroatoms. The summed E-state index contributed by atoms with van der Waals surface area (Å²) < 4.78 is 31.6. The Kier molecular flexibility index (Phi) is 9.64. The van der Waals surface area contributed by atoms with Crippen LogP contribution in [0.1, 0.15) is 43.6 Å². The number of aromatic nitrogens is 3. The summed E-state index contributed by atoms with van der Waals surface area (Å²) in [6.07, 6.45) is 2.41. The number of nitrogens with one attached hydrogen (secondary N) is 4. The summed E-state index contributed by atoms with van der Waals surface area (Å²) in [5, 5.41) is 17.9. The third-order valence-electron chi connectivity index (χ3n) is 7.93. The minimum absolute atomic E-state index is 0.0265. The van der Waals surface area contributed by atoms with Gasteiger partial charge in [0.2, 0.25) is 0 Å². The van der Waals surface area contributed by atoms with E-state index in [0.717, 1.165) is 49.2 Å². The van der Waals surface area contributed by atoms with E-state index in [1.165, 1.54) is 30.5 Å². The standard InChI is InChI=1S/C17H18F2N2.C17H13N5O5/c18-15-5-1-13(2-6-15)17(21-11-9-20-10-12-21)14-3-7-16(19)8-4-14;23-12-6-27-11-2-1-8(3-10(11)22-12)4-19-16(24)15-14-13(20-7-21-15)9(5-18-14)17(25)26/h1-8,17,20H,9-12H2;1-3,5,7,18H,4,6H2,(H,19,24)(H,22,23)(H,25,26). The molecular formula is C34H31F2N7O5. The molecule has 0 radical (unpaired) electrons. The van der Waals surface area contributed by atoms with E-state index in [1.54, 1.807) is 18.2 Å². The second-order valence-corrected chi connectivity index (χ2v) is 11.1. The number of aromatic carboxylic acids is 1. The van der Waals surface area contributed by atoms with Gasteiger partial charge in [-0.3, -0.25) is 14.5 Å². The predicted octanol–water partition coefficient (Wildman–Crippen LogP) is 3.88. The normalized spacial score (nSPS) is 14.4. The fourth-order valence-corrected chi connectivity index (χ4v) is 5.63. The second kappa shape index (κ2) is 14.4. The number of halogens is 2. The highest BCUT2D eigenvalue weighted by Gasteiger charge is 2.24. The van der Waals surface area contributed by atoms with E-state index in [4.69, 9.17) is 9.84 Å². The van der Waals surface area contributed by atoms with Crippen LogP contribution in [0, 0.1) is 11.6 Å². The number of carboxylic acids is 1. The average Bonchev–Trinajstić information content (AvgIpc) is 3.55. The second-order valence-electron chi connectivity index (χ2n) is 11.1. The molecule has 12 nitrogen and oxygen atoms in total. The van der Waals surface area contributed by atoms with Gasteiger partial charge in [-0.05, 0) is 53.1 Å². The lowest BCUT2D eigenvalue weighted by atomic mass is 9.96. The maximum Gasteiger partial charge on any atom is 0.339 e. The van der Waals surface area contributed by atoms with Gasteiger partial charge in [0.15, 0.2) is 12.3 Å². The third kappa shape index (κ3) is 7.29. The number of carbonyl (C=O) groups is 3. The Morgan fingerprint density at radius 1 is 0.958 bits per heavy atom. The van der Waals surface area contributed by atoms with E-state index in [1.807, 2.05) is 24.3 Å². The number of aromatic amines is 1. The van der Waals surface area contributed by atoms with Crippen molar-refractivity contribution in [2.24, 2.45) is 0 Å². The molecule has 4 heterocycles. The maximum atomic E-state index is 13.2. The number of anilines is 1. The van der Waals surface area contributed by atoms with Gasteiger partial charge in [-0.15, -0.1) is 0 Å². The third-order valence-corrected chi connectivity index (χ3v) is 7.93. The number of piperazine rings is 1. The van der Waals surface area contributed by atoms with Crippen molar-refractivity contribution in [3.8, 4) is 5.75 Å². The maximum absolute atomic E-state index is 13.2. The van der Waals surface area contributed by atoms with Crippen molar-refractivity contribution in [1.29, 1.82) is 0 Å². The Bertz CT molecular complexity index is 1900. The molecule has 2 aliphatic rings. The molecule has 2 aromatic heterocycles. The highest BCUT2D eigenvalue weighted by molar-refractivity contribution is 6.08. The molecule has 48 heavy (non-hydrogen) atoms. The van der Waals surface area contributed by atoms with Gasteiger partial charge in [-0.25, -0.2) is 23.5 Å². The van der Waals surface area contributed by atoms with E-state index in [0.29, 0.717) is 11.4 Å². The number of rotatable bonds is 7. The number of H-pyrrole nitrogens is 1. The van der Waals surface area contributed by atoms with E-state index in [9.17, 15) is 23.2 Å². The zero-order chi connectivity index (χ0) is 33.6. The summed E-state index contributed by atoms with van der Waals surface area (Å²) in [6.45, 7) is 3.85. The minimum atomic E-state index is -1.15. The first-order chi connectivity index (χ1) is 23.3. The highest BCUT2D eigenvalue weighted by atomic mass is 19.1. The van der Waals surface area contributed by atoms with Crippen LogP contribution in [0.15, 0.2) is 79.3 Å². The molecule has 0 aliphatic carbocycles. The Balaban J connectivity index is 0.000000173. The van der Waals surface area contributed by atoms with Crippen molar-refractivity contribution in [3.63, 3.8) is 0 Å². The van der Waals surface area contributed by atoms with Crippen LogP contribution in [0.3, 0.4) is 0 Å². The highest BCUT2D eigenvalue weighted by Crippen LogP contribution is 2.30. The van der Waals surface area contributed by atoms with Crippen LogP contribution >= 0.6 is 0 Å². The number of ether oxygens (including phenoxy) is 1. The fourth-order valence-electron chi connectivity index (χ4n) is 5.63. The fraction of sp³-hybridized carbons (Fsp3) is 0.206. The van der Waals surface area contributed by atoms with Crippen LogP contribution in [-0.2, 0) is 11.3 Å². The lowest BCUT2D eigenvalue weighted by Crippen LogP contribution is -2.45. The molecule has 7 rings (SSSR count). The number of hydrogen-bond acceptors (Lipinski definition) is 8. The minimum Gasteiger partial charge on any atom is -0.482 e. The topological polar surface area (TPSA) is 162 Å². The molecule has 0 bridgehead atoms. The largest absolute Gasteiger partial charge is 0.482 e. The molecule has 2 amide bonds. The van der Waals surface area contributed by atoms with E-state index in [2.05, 4.69) is 35.8 Å². The number of carbonyl (C=O) groups excluding carboxylic acids is 2. The van der Waals surface area contributed by atoms with Gasteiger partial charge in [0.25, 0.3) is 11.8 Å². The van der Waals surface area contributed by atoms with Crippen LogP contribution in [0.4, 0.5) is 14.5 Å².